The second-order valence-corrected chi connectivity index (χ2v) is 6.51. The Labute approximate surface area is 156 Å². The summed E-state index contributed by atoms with van der Waals surface area (Å²) in [5, 5.41) is 5.50. The lowest BCUT2D eigenvalue weighted by molar-refractivity contribution is -0.136. The molecule has 0 fully saturated rings. The molecule has 0 saturated carbocycles. The first-order chi connectivity index (χ1) is 12.4. The van der Waals surface area contributed by atoms with E-state index in [-0.39, 0.29) is 12.6 Å². The van der Waals surface area contributed by atoms with Gasteiger partial charge in [-0.2, -0.15) is 0 Å². The summed E-state index contributed by atoms with van der Waals surface area (Å²) in [6.07, 6.45) is -0.369. The van der Waals surface area contributed by atoms with Crippen molar-refractivity contribution in [3.63, 3.8) is 0 Å². The number of benzene rings is 2. The van der Waals surface area contributed by atoms with Crippen LogP contribution in [0.5, 0.6) is 11.5 Å². The van der Waals surface area contributed by atoms with Crippen LogP contribution in [0.3, 0.4) is 0 Å². The highest BCUT2D eigenvalue weighted by molar-refractivity contribution is 6.41. The van der Waals surface area contributed by atoms with Gasteiger partial charge < -0.3 is 20.1 Å². The van der Waals surface area contributed by atoms with Gasteiger partial charge in [0.05, 0.1) is 17.3 Å². The van der Waals surface area contributed by atoms with Crippen molar-refractivity contribution in [1.29, 1.82) is 0 Å². The van der Waals surface area contributed by atoms with Crippen molar-refractivity contribution in [1.82, 2.24) is 5.32 Å². The smallest absolute Gasteiger partial charge is 0.313 e. The van der Waals surface area contributed by atoms with Crippen LogP contribution >= 0.6 is 11.6 Å². The molecule has 0 saturated heterocycles. The normalized spacial score (nSPS) is 15.3. The molecule has 3 rings (SSSR count). The Morgan fingerprint density at radius 3 is 2.62 bits per heavy atom. The van der Waals surface area contributed by atoms with Crippen molar-refractivity contribution in [2.24, 2.45) is 0 Å². The van der Waals surface area contributed by atoms with Crippen molar-refractivity contribution < 1.29 is 19.1 Å². The molecular formula is C19H19ClN2O4. The fourth-order valence-electron chi connectivity index (χ4n) is 2.69. The number of aryl methyl sites for hydroxylation is 2. The maximum Gasteiger partial charge on any atom is 0.313 e. The van der Waals surface area contributed by atoms with Crippen LogP contribution in [0.4, 0.5) is 5.69 Å². The van der Waals surface area contributed by atoms with Gasteiger partial charge in [0.2, 0.25) is 0 Å². The van der Waals surface area contributed by atoms with Crippen LogP contribution in [0.1, 0.15) is 11.1 Å². The van der Waals surface area contributed by atoms with Crippen LogP contribution in [0.15, 0.2) is 36.4 Å². The highest BCUT2D eigenvalue weighted by atomic mass is 35.5. The molecule has 2 aromatic carbocycles. The Balaban J connectivity index is 1.55. The molecule has 2 N–H and O–H groups in total. The highest BCUT2D eigenvalue weighted by Crippen LogP contribution is 2.30. The lowest BCUT2D eigenvalue weighted by atomic mass is 10.1. The first-order valence-electron chi connectivity index (χ1n) is 8.18. The quantitative estimate of drug-likeness (QED) is 0.810. The van der Waals surface area contributed by atoms with Crippen molar-refractivity contribution in [3.8, 4) is 11.5 Å². The number of halogens is 1. The summed E-state index contributed by atoms with van der Waals surface area (Å²) >= 11 is 6.15. The first kappa shape index (κ1) is 18.1. The average molecular weight is 375 g/mol. The minimum absolute atomic E-state index is 0.154. The van der Waals surface area contributed by atoms with E-state index in [1.165, 1.54) is 0 Å². The molecule has 1 aliphatic heterocycles. The third kappa shape index (κ3) is 4.08. The zero-order valence-corrected chi connectivity index (χ0v) is 15.2. The molecule has 26 heavy (non-hydrogen) atoms. The van der Waals surface area contributed by atoms with Crippen molar-refractivity contribution in [2.45, 2.75) is 20.0 Å². The Morgan fingerprint density at radius 1 is 1.15 bits per heavy atom. The molecule has 0 bridgehead atoms. The highest BCUT2D eigenvalue weighted by Gasteiger charge is 2.23. The van der Waals surface area contributed by atoms with E-state index in [0.717, 1.165) is 11.1 Å². The minimum Gasteiger partial charge on any atom is -0.486 e. The molecule has 1 heterocycles. The van der Waals surface area contributed by atoms with Gasteiger partial charge in [-0.15, -0.1) is 0 Å². The average Bonchev–Trinajstić information content (AvgIpc) is 2.62. The lowest BCUT2D eigenvalue weighted by Crippen LogP contribution is -2.44. The molecule has 2 amide bonds. The van der Waals surface area contributed by atoms with E-state index >= 15 is 0 Å². The van der Waals surface area contributed by atoms with Gasteiger partial charge in [-0.05, 0) is 43.2 Å². The summed E-state index contributed by atoms with van der Waals surface area (Å²) in [5.41, 5.74) is 2.20. The summed E-state index contributed by atoms with van der Waals surface area (Å²) in [5.74, 6) is -0.263. The molecule has 0 aromatic heterocycles. The predicted octanol–water partition coefficient (Wildman–Crippen LogP) is 2.85. The number of carbonyl (C=O) groups is 2. The minimum atomic E-state index is -0.781. The number of carbonyl (C=O) groups excluding carboxylic acids is 2. The van der Waals surface area contributed by atoms with Crippen LogP contribution in [-0.2, 0) is 9.59 Å². The number of nitrogens with one attached hydrogen (secondary N) is 2. The molecule has 1 unspecified atom stereocenters. The van der Waals surface area contributed by atoms with E-state index < -0.39 is 11.8 Å². The second kappa shape index (κ2) is 7.66. The van der Waals surface area contributed by atoms with Gasteiger partial charge in [0, 0.05) is 0 Å². The first-order valence-corrected chi connectivity index (χ1v) is 8.56. The van der Waals surface area contributed by atoms with Crippen LogP contribution in [0.25, 0.3) is 0 Å². The number of para-hydroxylation sites is 2. The van der Waals surface area contributed by atoms with Gasteiger partial charge in [-0.1, -0.05) is 29.8 Å². The third-order valence-electron chi connectivity index (χ3n) is 3.93. The Morgan fingerprint density at radius 2 is 1.88 bits per heavy atom. The van der Waals surface area contributed by atoms with Gasteiger partial charge in [0.25, 0.3) is 0 Å². The molecule has 6 nitrogen and oxygen atoms in total. The summed E-state index contributed by atoms with van der Waals surface area (Å²) in [6.45, 7) is 4.17. The van der Waals surface area contributed by atoms with E-state index in [2.05, 4.69) is 10.6 Å². The second-order valence-electron chi connectivity index (χ2n) is 6.10. The lowest BCUT2D eigenvalue weighted by Gasteiger charge is -2.26. The number of hydrogen-bond acceptors (Lipinski definition) is 4. The number of ether oxygens (including phenoxy) is 2. The van der Waals surface area contributed by atoms with Gasteiger partial charge in [0.1, 0.15) is 12.7 Å². The summed E-state index contributed by atoms with van der Waals surface area (Å²) in [7, 11) is 0. The number of rotatable bonds is 3. The number of fused-ring (bicyclic) bond motifs is 1. The molecule has 0 aliphatic carbocycles. The zero-order chi connectivity index (χ0) is 18.7. The van der Waals surface area contributed by atoms with Crippen LogP contribution in [0, 0.1) is 13.8 Å². The van der Waals surface area contributed by atoms with Crippen LogP contribution in [-0.4, -0.2) is 31.1 Å². The SMILES string of the molecule is Cc1cc(C)c(NC(=O)C(=O)NCC2COc3ccccc3O2)c(Cl)c1. The topological polar surface area (TPSA) is 76.7 Å². The number of anilines is 1. The van der Waals surface area contributed by atoms with Gasteiger partial charge in [-0.25, -0.2) is 0 Å². The van der Waals surface area contributed by atoms with Gasteiger partial charge in [0.15, 0.2) is 11.5 Å². The fourth-order valence-corrected chi connectivity index (χ4v) is 3.06. The van der Waals surface area contributed by atoms with Crippen LogP contribution < -0.4 is 20.1 Å². The maximum atomic E-state index is 12.1. The molecule has 2 aromatic rings. The van der Waals surface area contributed by atoms with Crippen molar-refractivity contribution in [3.05, 3.63) is 52.5 Å². The van der Waals surface area contributed by atoms with Crippen LogP contribution in [0.2, 0.25) is 5.02 Å². The van der Waals surface area contributed by atoms with Crippen molar-refractivity contribution >= 4 is 29.1 Å². The summed E-state index contributed by atoms with van der Waals surface area (Å²) < 4.78 is 11.3. The maximum absolute atomic E-state index is 12.1. The number of amides is 2. The molecule has 0 spiro atoms. The molecule has 136 valence electrons. The molecule has 1 atom stereocenters. The van der Waals surface area contributed by atoms with E-state index in [1.54, 1.807) is 12.1 Å². The Kier molecular flexibility index (Phi) is 5.32. The number of hydrogen-bond donors (Lipinski definition) is 2. The molecule has 7 heteroatoms. The third-order valence-corrected chi connectivity index (χ3v) is 4.23. The molecule has 1 aliphatic rings. The monoisotopic (exact) mass is 374 g/mol. The Bertz CT molecular complexity index is 830. The summed E-state index contributed by atoms with van der Waals surface area (Å²) in [4.78, 5) is 24.2. The van der Waals surface area contributed by atoms with Gasteiger partial charge in [-0.3, -0.25) is 9.59 Å². The summed E-state index contributed by atoms with van der Waals surface area (Å²) in [6, 6.07) is 10.9. The zero-order valence-electron chi connectivity index (χ0n) is 14.5. The van der Waals surface area contributed by atoms with E-state index in [0.29, 0.717) is 28.8 Å². The molecular weight excluding hydrogens is 356 g/mol. The van der Waals surface area contributed by atoms with E-state index in [1.807, 2.05) is 38.1 Å². The van der Waals surface area contributed by atoms with E-state index in [4.69, 9.17) is 21.1 Å². The predicted molar refractivity (Wildman–Crippen MR) is 98.9 cm³/mol. The fraction of sp³-hybridized carbons (Fsp3) is 0.263. The van der Waals surface area contributed by atoms with Gasteiger partial charge >= 0.3 is 11.8 Å². The largest absolute Gasteiger partial charge is 0.486 e. The Hall–Kier alpha value is -2.73. The van der Waals surface area contributed by atoms with E-state index in [9.17, 15) is 9.59 Å². The standard InChI is InChI=1S/C19H19ClN2O4/c1-11-7-12(2)17(14(20)8-11)22-19(24)18(23)21-9-13-10-25-15-5-3-4-6-16(15)26-13/h3-8,13H,9-10H2,1-2H3,(H,21,23)(H,22,24). The van der Waals surface area contributed by atoms with Crippen molar-refractivity contribution in [2.75, 3.05) is 18.5 Å². The molecule has 0 radical (unpaired) electrons.